The fourth-order valence-corrected chi connectivity index (χ4v) is 7.56. The van der Waals surface area contributed by atoms with Crippen molar-refractivity contribution in [2.24, 2.45) is 4.99 Å². The molecule has 0 saturated carbocycles. The number of benzene rings is 7. The number of hydrogen-bond acceptors (Lipinski definition) is 5. The number of aliphatic carboxylic acids is 1. The second-order valence-electron chi connectivity index (χ2n) is 13.5. The number of phenols is 1. The summed E-state index contributed by atoms with van der Waals surface area (Å²) in [6, 6.07) is 44.9. The van der Waals surface area contributed by atoms with E-state index in [0.717, 1.165) is 21.9 Å². The van der Waals surface area contributed by atoms with Gasteiger partial charge in [0.15, 0.2) is 6.04 Å². The third kappa shape index (κ3) is 8.03. The molecule has 0 bridgehead atoms. The first-order valence-corrected chi connectivity index (χ1v) is 18.1. The molecule has 0 aliphatic carbocycles. The minimum Gasteiger partial charge on any atom is -0.625 e. The minimum atomic E-state index is -1.17. The van der Waals surface area contributed by atoms with Crippen LogP contribution >= 0.6 is 11.6 Å². The van der Waals surface area contributed by atoms with Crippen LogP contribution in [0.4, 0.5) is 5.69 Å². The molecule has 0 aromatic heterocycles. The summed E-state index contributed by atoms with van der Waals surface area (Å²) in [7, 11) is 0. The van der Waals surface area contributed by atoms with Crippen molar-refractivity contribution in [3.63, 3.8) is 0 Å². The van der Waals surface area contributed by atoms with Crippen LogP contribution in [0, 0.1) is 0 Å². The SMILES string of the molecule is O=C(CN1Cc2ccc3ccccc3c2-c2c(ccc3ccccc23)C1)[N-]c1ccc(Cl)cc1C(=NC(Cc1ccc(O)cc1)C(=O)O)c1ccccc1.[Ni+2]. The number of carboxylic acids is 1. The van der Waals surface area contributed by atoms with E-state index >= 15 is 0 Å². The van der Waals surface area contributed by atoms with E-state index in [1.165, 1.54) is 34.0 Å². The standard InChI is InChI=1S/C46H36ClN3O4.Ni/c47-35-20-23-40(39(25-35)45(32-10-2-1-3-11-32)49-41(46(53)54)24-29-14-21-36(51)22-15-29)48-42(52)28-50-26-33-18-16-30-8-4-6-12-37(30)43(33)44-34(27-50)19-17-31-9-5-7-13-38(31)44;/h1-23,25,41H,24,26-28H2,(H3,48,49,51,52,53,54);/q;+2/p-1. The molecule has 7 nitrogen and oxygen atoms in total. The number of halogens is 1. The van der Waals surface area contributed by atoms with E-state index in [0.29, 0.717) is 46.2 Å². The number of aromatic hydroxyl groups is 1. The Morgan fingerprint density at radius 2 is 1.31 bits per heavy atom. The van der Waals surface area contributed by atoms with Gasteiger partial charge < -0.3 is 20.3 Å². The van der Waals surface area contributed by atoms with Gasteiger partial charge in [-0.15, -0.1) is 5.69 Å². The number of carbonyl (C=O) groups excluding carboxylic acids is 1. The van der Waals surface area contributed by atoms with E-state index in [4.69, 9.17) is 16.6 Å². The molecule has 1 aliphatic heterocycles. The summed E-state index contributed by atoms with van der Waals surface area (Å²) in [4.78, 5) is 33.6. The number of amides is 1. The number of hydrogen-bond donors (Lipinski definition) is 2. The fourth-order valence-electron chi connectivity index (χ4n) is 7.39. The van der Waals surface area contributed by atoms with Gasteiger partial charge in [-0.2, -0.15) is 0 Å². The van der Waals surface area contributed by atoms with Crippen molar-refractivity contribution in [1.82, 2.24) is 4.90 Å². The molecule has 1 heterocycles. The van der Waals surface area contributed by atoms with Crippen LogP contribution in [0.5, 0.6) is 5.75 Å². The van der Waals surface area contributed by atoms with E-state index in [1.807, 2.05) is 30.3 Å². The van der Waals surface area contributed by atoms with Crippen LogP contribution in [-0.4, -0.2) is 45.3 Å². The Hall–Kier alpha value is -5.79. The summed E-state index contributed by atoms with van der Waals surface area (Å²) in [5.41, 5.74) is 7.15. The molecule has 8 rings (SSSR count). The molecule has 274 valence electrons. The molecule has 0 saturated heterocycles. The van der Waals surface area contributed by atoms with Crippen LogP contribution in [0.15, 0.2) is 151 Å². The number of fused-ring (bicyclic) bond motifs is 7. The van der Waals surface area contributed by atoms with Gasteiger partial charge in [0.05, 0.1) is 11.6 Å². The largest absolute Gasteiger partial charge is 2.00 e. The molecule has 0 spiro atoms. The van der Waals surface area contributed by atoms with E-state index in [2.05, 4.69) is 83.0 Å². The summed E-state index contributed by atoms with van der Waals surface area (Å²) in [5.74, 6) is -1.38. The summed E-state index contributed by atoms with van der Waals surface area (Å²) in [6.07, 6.45) is 0.0837. The Bertz CT molecular complexity index is 2490. The van der Waals surface area contributed by atoms with Crippen LogP contribution < -0.4 is 0 Å². The Kier molecular flexibility index (Phi) is 11.1. The monoisotopic (exact) mass is 786 g/mol. The van der Waals surface area contributed by atoms with Crippen LogP contribution in [0.3, 0.4) is 0 Å². The van der Waals surface area contributed by atoms with Gasteiger partial charge in [0, 0.05) is 36.6 Å². The first-order valence-electron chi connectivity index (χ1n) is 17.7. The molecule has 9 heteroatoms. The smallest absolute Gasteiger partial charge is 0.625 e. The molecule has 1 aliphatic rings. The van der Waals surface area contributed by atoms with E-state index in [9.17, 15) is 19.8 Å². The molecule has 1 unspecified atom stereocenters. The van der Waals surface area contributed by atoms with Crippen LogP contribution in [0.25, 0.3) is 38.0 Å². The predicted octanol–water partition coefficient (Wildman–Crippen LogP) is 10.1. The predicted molar refractivity (Wildman–Crippen MR) is 216 cm³/mol. The van der Waals surface area contributed by atoms with E-state index < -0.39 is 12.0 Å². The van der Waals surface area contributed by atoms with Crippen molar-refractivity contribution in [2.45, 2.75) is 25.6 Å². The van der Waals surface area contributed by atoms with Gasteiger partial charge in [0.1, 0.15) is 5.75 Å². The first kappa shape index (κ1) is 37.5. The van der Waals surface area contributed by atoms with Crippen molar-refractivity contribution >= 4 is 56.4 Å². The van der Waals surface area contributed by atoms with Crippen LogP contribution in [0.2, 0.25) is 5.02 Å². The zero-order chi connectivity index (χ0) is 37.2. The average Bonchev–Trinajstić information content (AvgIpc) is 3.35. The quantitative estimate of drug-likeness (QED) is 0.112. The van der Waals surface area contributed by atoms with E-state index in [1.54, 1.807) is 30.3 Å². The molecule has 0 radical (unpaired) electrons. The second-order valence-corrected chi connectivity index (χ2v) is 14.0. The maximum atomic E-state index is 14.0. The van der Waals surface area contributed by atoms with Gasteiger partial charge in [-0.25, -0.2) is 4.79 Å². The minimum absolute atomic E-state index is 0. The number of rotatable bonds is 9. The zero-order valence-electron chi connectivity index (χ0n) is 29.5. The number of carbonyl (C=O) groups is 2. The molecule has 7 aromatic carbocycles. The molecule has 0 fully saturated rings. The van der Waals surface area contributed by atoms with Crippen molar-refractivity contribution < 1.29 is 36.3 Å². The van der Waals surface area contributed by atoms with E-state index in [-0.39, 0.29) is 41.1 Å². The first-order chi connectivity index (χ1) is 26.3. The second kappa shape index (κ2) is 16.3. The normalized spacial score (nSPS) is 13.3. The zero-order valence-corrected chi connectivity index (χ0v) is 31.3. The summed E-state index contributed by atoms with van der Waals surface area (Å²) in [6.45, 7) is 1.15. The molecule has 1 atom stereocenters. The van der Waals surface area contributed by atoms with Crippen LogP contribution in [0.1, 0.15) is 27.8 Å². The maximum Gasteiger partial charge on any atom is 2.00 e. The molecule has 7 aromatic rings. The molecule has 55 heavy (non-hydrogen) atoms. The summed E-state index contributed by atoms with van der Waals surface area (Å²) < 4.78 is 0. The van der Waals surface area contributed by atoms with Crippen molar-refractivity contribution in [3.05, 3.63) is 184 Å². The summed E-state index contributed by atoms with van der Waals surface area (Å²) >= 11 is 6.55. The van der Waals surface area contributed by atoms with Gasteiger partial charge in [-0.1, -0.05) is 133 Å². The Labute approximate surface area is 333 Å². The molecular formula is C46H35ClN3NiO4+. The van der Waals surface area contributed by atoms with Crippen molar-refractivity contribution in [3.8, 4) is 16.9 Å². The maximum absolute atomic E-state index is 14.0. The number of phenolic OH excluding ortho intramolecular Hbond substituents is 1. The molecule has 2 N–H and O–H groups in total. The third-order valence-electron chi connectivity index (χ3n) is 9.87. The number of carboxylic acid groups (broad SMARTS) is 1. The van der Waals surface area contributed by atoms with Gasteiger partial charge in [0.2, 0.25) is 0 Å². The molecule has 1 amide bonds. The number of nitrogens with zero attached hydrogens (tertiary/aromatic N) is 3. The fraction of sp³-hybridized carbons (Fsp3) is 0.109. The summed E-state index contributed by atoms with van der Waals surface area (Å²) in [5, 5.41) is 29.8. The Balaban J connectivity index is 0.00000465. The van der Waals surface area contributed by atoms with Gasteiger partial charge in [0.25, 0.3) is 0 Å². The number of aliphatic imine (C=N–C) groups is 1. The Morgan fingerprint density at radius 3 is 1.91 bits per heavy atom. The topological polar surface area (TPSA) is 104 Å². The Morgan fingerprint density at radius 1 is 0.727 bits per heavy atom. The van der Waals surface area contributed by atoms with Crippen LogP contribution in [-0.2, 0) is 45.6 Å². The van der Waals surface area contributed by atoms with Crippen molar-refractivity contribution in [1.29, 1.82) is 0 Å². The van der Waals surface area contributed by atoms with Gasteiger partial charge >= 0.3 is 22.5 Å². The third-order valence-corrected chi connectivity index (χ3v) is 10.1. The molecular weight excluding hydrogens is 753 g/mol. The van der Waals surface area contributed by atoms with Gasteiger partial charge in [-0.05, 0) is 79.2 Å². The van der Waals surface area contributed by atoms with Crippen molar-refractivity contribution in [2.75, 3.05) is 6.54 Å². The van der Waals surface area contributed by atoms with Gasteiger partial charge in [-0.3, -0.25) is 9.89 Å². The average molecular weight is 788 g/mol.